The van der Waals surface area contributed by atoms with E-state index in [0.29, 0.717) is 13.0 Å². The van der Waals surface area contributed by atoms with Crippen molar-refractivity contribution in [2.75, 3.05) is 13.7 Å². The molecule has 0 fully saturated rings. The molecule has 0 aliphatic rings. The van der Waals surface area contributed by atoms with Crippen LogP contribution in [0.15, 0.2) is 24.3 Å². The molecule has 0 saturated heterocycles. The van der Waals surface area contributed by atoms with Gasteiger partial charge in [-0.15, -0.1) is 0 Å². The highest BCUT2D eigenvalue weighted by atomic mass is 16.5. The molecule has 0 aromatic heterocycles. The number of hydrogen-bond donors (Lipinski definition) is 1. The molecule has 2 unspecified atom stereocenters. The van der Waals surface area contributed by atoms with E-state index in [-0.39, 0.29) is 12.1 Å². The van der Waals surface area contributed by atoms with Crippen LogP contribution in [0, 0.1) is 6.92 Å². The molecule has 0 aliphatic heterocycles. The Morgan fingerprint density at radius 2 is 2.05 bits per heavy atom. The van der Waals surface area contributed by atoms with E-state index in [0.717, 1.165) is 11.3 Å². The molecule has 4 heteroatoms. The number of aryl methyl sites for hydroxylation is 1. The van der Waals surface area contributed by atoms with Crippen molar-refractivity contribution < 1.29 is 14.3 Å². The number of carbonyl (C=O) groups is 1. The topological polar surface area (TPSA) is 47.6 Å². The molecule has 0 aliphatic carbocycles. The van der Waals surface area contributed by atoms with Crippen molar-refractivity contribution in [3.05, 3.63) is 29.8 Å². The molecule has 1 aromatic rings. The van der Waals surface area contributed by atoms with E-state index in [9.17, 15) is 4.79 Å². The number of nitrogens with one attached hydrogen (secondary N) is 1. The Balaban J connectivity index is 2.74. The number of ether oxygens (including phenoxy) is 2. The Morgan fingerprint density at radius 3 is 2.60 bits per heavy atom. The van der Waals surface area contributed by atoms with Crippen LogP contribution in [-0.4, -0.2) is 31.3 Å². The third kappa shape index (κ3) is 4.23. The molecule has 1 rings (SSSR count). The first-order valence-corrected chi connectivity index (χ1v) is 6.98. The molecule has 0 amide bonds. The van der Waals surface area contributed by atoms with Crippen molar-refractivity contribution in [2.24, 2.45) is 0 Å². The van der Waals surface area contributed by atoms with Crippen LogP contribution >= 0.6 is 0 Å². The number of benzene rings is 1. The van der Waals surface area contributed by atoms with Crippen molar-refractivity contribution >= 4 is 5.97 Å². The zero-order valence-electron chi connectivity index (χ0n) is 13.0. The average Bonchev–Trinajstić information content (AvgIpc) is 2.40. The minimum absolute atomic E-state index is 0.0979. The third-order valence-corrected chi connectivity index (χ3v) is 3.32. The third-order valence-electron chi connectivity index (χ3n) is 3.32. The van der Waals surface area contributed by atoms with Crippen LogP contribution in [0.4, 0.5) is 0 Å². The summed E-state index contributed by atoms with van der Waals surface area (Å²) >= 11 is 0. The monoisotopic (exact) mass is 279 g/mol. The Kier molecular flexibility index (Phi) is 6.02. The first-order chi connectivity index (χ1) is 9.42. The number of hydrogen-bond acceptors (Lipinski definition) is 4. The SMILES string of the molecule is CCNC(C)(CC(C)Oc1ccccc1C)C(=O)OC. The summed E-state index contributed by atoms with van der Waals surface area (Å²) < 4.78 is 10.8. The normalized spacial score (nSPS) is 15.2. The summed E-state index contributed by atoms with van der Waals surface area (Å²) in [6.07, 6.45) is 0.446. The van der Waals surface area contributed by atoms with Crippen LogP contribution in [-0.2, 0) is 9.53 Å². The van der Waals surface area contributed by atoms with Crippen LogP contribution in [0.5, 0.6) is 5.75 Å². The predicted molar refractivity (Wildman–Crippen MR) is 80.0 cm³/mol. The summed E-state index contributed by atoms with van der Waals surface area (Å²) in [6.45, 7) is 8.48. The van der Waals surface area contributed by atoms with Crippen molar-refractivity contribution in [1.29, 1.82) is 0 Å². The van der Waals surface area contributed by atoms with Gasteiger partial charge in [0.1, 0.15) is 11.3 Å². The van der Waals surface area contributed by atoms with Crippen LogP contribution in [0.3, 0.4) is 0 Å². The molecule has 0 heterocycles. The number of esters is 1. The van der Waals surface area contributed by atoms with E-state index in [4.69, 9.17) is 9.47 Å². The minimum atomic E-state index is -0.731. The highest BCUT2D eigenvalue weighted by Gasteiger charge is 2.35. The molecule has 0 radical (unpaired) electrons. The number of carbonyl (C=O) groups excluding carboxylic acids is 1. The Hall–Kier alpha value is -1.55. The summed E-state index contributed by atoms with van der Waals surface area (Å²) in [5.74, 6) is 0.586. The first-order valence-electron chi connectivity index (χ1n) is 6.98. The number of likely N-dealkylation sites (N-methyl/N-ethyl adjacent to an activating group) is 1. The van der Waals surface area contributed by atoms with Gasteiger partial charge >= 0.3 is 5.97 Å². The summed E-state index contributed by atoms with van der Waals surface area (Å²) in [4.78, 5) is 11.9. The van der Waals surface area contributed by atoms with E-state index in [1.165, 1.54) is 7.11 Å². The number of para-hydroxylation sites is 1. The molecule has 0 spiro atoms. The smallest absolute Gasteiger partial charge is 0.325 e. The van der Waals surface area contributed by atoms with E-state index in [1.807, 2.05) is 52.0 Å². The summed E-state index contributed by atoms with van der Waals surface area (Å²) in [6, 6.07) is 7.86. The molecule has 1 N–H and O–H groups in total. The average molecular weight is 279 g/mol. The van der Waals surface area contributed by atoms with Crippen molar-refractivity contribution in [2.45, 2.75) is 45.8 Å². The number of methoxy groups -OCH3 is 1. The fourth-order valence-electron chi connectivity index (χ4n) is 2.37. The molecule has 0 bridgehead atoms. The van der Waals surface area contributed by atoms with Crippen molar-refractivity contribution in [3.63, 3.8) is 0 Å². The lowest BCUT2D eigenvalue weighted by molar-refractivity contribution is -0.149. The van der Waals surface area contributed by atoms with Gasteiger partial charge in [-0.3, -0.25) is 4.79 Å². The second-order valence-corrected chi connectivity index (χ2v) is 5.25. The van der Waals surface area contributed by atoms with E-state index < -0.39 is 5.54 Å². The van der Waals surface area contributed by atoms with Gasteiger partial charge in [-0.05, 0) is 38.9 Å². The lowest BCUT2D eigenvalue weighted by atomic mass is 9.94. The van der Waals surface area contributed by atoms with Gasteiger partial charge in [-0.25, -0.2) is 0 Å². The summed E-state index contributed by atoms with van der Waals surface area (Å²) in [7, 11) is 1.41. The maximum atomic E-state index is 11.9. The van der Waals surface area contributed by atoms with Crippen LogP contribution in [0.2, 0.25) is 0 Å². The zero-order valence-corrected chi connectivity index (χ0v) is 13.0. The van der Waals surface area contributed by atoms with Crippen LogP contribution < -0.4 is 10.1 Å². The van der Waals surface area contributed by atoms with Crippen molar-refractivity contribution in [1.82, 2.24) is 5.32 Å². The molecular weight excluding hydrogens is 254 g/mol. The van der Waals surface area contributed by atoms with Gasteiger partial charge in [0.25, 0.3) is 0 Å². The standard InChI is InChI=1S/C16H25NO3/c1-6-17-16(4,15(18)19-5)11-13(3)20-14-10-8-7-9-12(14)2/h7-10,13,17H,6,11H2,1-5H3. The minimum Gasteiger partial charge on any atom is -0.490 e. The van der Waals surface area contributed by atoms with Crippen LogP contribution in [0.1, 0.15) is 32.8 Å². The summed E-state index contributed by atoms with van der Waals surface area (Å²) in [5, 5.41) is 3.19. The zero-order chi connectivity index (χ0) is 15.2. The quantitative estimate of drug-likeness (QED) is 0.780. The van der Waals surface area contributed by atoms with Gasteiger partial charge in [0.2, 0.25) is 0 Å². The van der Waals surface area contributed by atoms with Gasteiger partial charge in [-0.2, -0.15) is 0 Å². The fraction of sp³-hybridized carbons (Fsp3) is 0.562. The molecule has 20 heavy (non-hydrogen) atoms. The predicted octanol–water partition coefficient (Wildman–Crippen LogP) is 2.69. The maximum Gasteiger partial charge on any atom is 0.325 e. The summed E-state index contributed by atoms with van der Waals surface area (Å²) in [5.41, 5.74) is 0.355. The fourth-order valence-corrected chi connectivity index (χ4v) is 2.37. The lowest BCUT2D eigenvalue weighted by Crippen LogP contribution is -2.52. The second kappa shape index (κ2) is 7.29. The molecule has 4 nitrogen and oxygen atoms in total. The lowest BCUT2D eigenvalue weighted by Gasteiger charge is -2.30. The second-order valence-electron chi connectivity index (χ2n) is 5.25. The molecule has 112 valence electrons. The first kappa shape index (κ1) is 16.5. The molecular formula is C16H25NO3. The van der Waals surface area contributed by atoms with Gasteiger partial charge < -0.3 is 14.8 Å². The molecule has 1 aromatic carbocycles. The van der Waals surface area contributed by atoms with E-state index >= 15 is 0 Å². The Labute approximate surface area is 121 Å². The highest BCUT2D eigenvalue weighted by Crippen LogP contribution is 2.22. The van der Waals surface area contributed by atoms with E-state index in [2.05, 4.69) is 5.32 Å². The molecule has 2 atom stereocenters. The Bertz CT molecular complexity index is 447. The number of rotatable bonds is 7. The van der Waals surface area contributed by atoms with E-state index in [1.54, 1.807) is 0 Å². The van der Waals surface area contributed by atoms with Gasteiger partial charge in [0.05, 0.1) is 13.2 Å². The van der Waals surface area contributed by atoms with Gasteiger partial charge in [0.15, 0.2) is 0 Å². The van der Waals surface area contributed by atoms with Crippen molar-refractivity contribution in [3.8, 4) is 5.75 Å². The maximum absolute atomic E-state index is 11.9. The van der Waals surface area contributed by atoms with Crippen LogP contribution in [0.25, 0.3) is 0 Å². The largest absolute Gasteiger partial charge is 0.490 e. The Morgan fingerprint density at radius 1 is 1.40 bits per heavy atom. The highest BCUT2D eigenvalue weighted by molar-refractivity contribution is 5.80. The van der Waals surface area contributed by atoms with Gasteiger partial charge in [0, 0.05) is 6.42 Å². The molecule has 0 saturated carbocycles. The van der Waals surface area contributed by atoms with Gasteiger partial charge in [-0.1, -0.05) is 25.1 Å².